The Morgan fingerprint density at radius 1 is 0.326 bits per heavy atom. The zero-order chi connectivity index (χ0) is 93.5. The quantitative estimate of drug-likeness (QED) is 0.0304. The molecule has 6 fully saturated rings. The number of hydrogen-bond donors (Lipinski definition) is 9. The van der Waals surface area contributed by atoms with E-state index < -0.39 is 0 Å². The molecule has 4 amide bonds. The molecule has 0 saturated carbocycles. The average molecular weight is 1850 g/mol. The number of anilines is 8. The van der Waals surface area contributed by atoms with E-state index in [-0.39, 0.29) is 29.7 Å². The number of nitrogens with zero attached hydrogens (tertiary/aromatic N) is 18. The van der Waals surface area contributed by atoms with Crippen LogP contribution in [0.1, 0.15) is 78.8 Å². The van der Waals surface area contributed by atoms with E-state index in [1.807, 2.05) is 195 Å². The Morgan fingerprint density at radius 2 is 0.674 bits per heavy atom. The first-order valence-corrected chi connectivity index (χ1v) is 46.2. The van der Waals surface area contributed by atoms with Gasteiger partial charge in [-0.25, -0.2) is 19.9 Å². The minimum atomic E-state index is -0.316. The van der Waals surface area contributed by atoms with Crippen LogP contribution < -0.4 is 45.6 Å². The smallest absolute Gasteiger partial charge is 0.276 e. The predicted octanol–water partition coefficient (Wildman–Crippen LogP) is 14.8. The van der Waals surface area contributed by atoms with Crippen LogP contribution in [0.3, 0.4) is 0 Å². The first-order valence-electron chi connectivity index (χ1n) is 46.2. The van der Waals surface area contributed by atoms with Crippen LogP contribution in [0, 0.1) is 0 Å². The molecule has 0 aliphatic carbocycles. The number of piperidine rings is 1. The van der Waals surface area contributed by atoms with Gasteiger partial charge in [0.15, 0.2) is 22.8 Å². The van der Waals surface area contributed by atoms with Crippen LogP contribution in [0.4, 0.5) is 46.0 Å². The van der Waals surface area contributed by atoms with Gasteiger partial charge in [0, 0.05) is 166 Å². The standard InChI is InChI=1S/C28H31N7O3.C28H24N6O3.C26H27N7O2.C21H18N6O/c36-23-5-7-34(8-6-23)18-19-13-21(16-29-15-19)20-1-3-25-24(14-20)27(33-32-25)28(37)31-22-2-4-26(30-17-22)35-9-11-38-12-10-35;35-28(31-21-7-9-26(30-17-21)34-10-12-36-13-11-34)27-24-15-19(6-8-25(24)32-33-27)20-14-23(18-29-16-20)37-22-4-2-1-3-5-22;34-26(29-21-3-5-24(28-16-21)33-8-10-35-11-9-33)25-22-13-19(2-4-23(22)30-31-25)20-12-18(14-27-15-20)17-32-6-1-7-32;28-21(24-16-5-7-19(23-13-16)27-9-2-10-27)20-17-11-14(4-6-18(17)25-26-20)15-3-1-8-22-12-15/h1-4,13-17,23,36H,5-12,18H2,(H,31,37)(H,32,33);1-9,14-18H,10-13H2,(H,31,35)(H,32,33);2-5,12-16H,1,6-11,17H2,(H,29,34)(H,30,31);1,3-8,11-13H,2,9-10H2,(H,24,28)(H,25,26). The lowest BCUT2D eigenvalue weighted by molar-refractivity contribution is 0.0792. The summed E-state index contributed by atoms with van der Waals surface area (Å²) >= 11 is 0. The van der Waals surface area contributed by atoms with Crippen molar-refractivity contribution in [3.8, 4) is 56.0 Å². The van der Waals surface area contributed by atoms with Crippen LogP contribution in [0.15, 0.2) is 256 Å². The molecule has 35 heteroatoms. The number of ether oxygens (including phenoxy) is 4. The van der Waals surface area contributed by atoms with Gasteiger partial charge in [-0.05, 0) is 206 Å². The fourth-order valence-corrected chi connectivity index (χ4v) is 17.1. The van der Waals surface area contributed by atoms with Crippen LogP contribution in [0.25, 0.3) is 88.1 Å². The second kappa shape index (κ2) is 42.2. The van der Waals surface area contributed by atoms with Gasteiger partial charge in [-0.1, -0.05) is 48.5 Å². The number of aliphatic hydroxyl groups is 1. The van der Waals surface area contributed by atoms with E-state index in [4.69, 9.17) is 18.9 Å². The maximum absolute atomic E-state index is 13.1. The van der Waals surface area contributed by atoms with Crippen molar-refractivity contribution in [3.05, 3.63) is 290 Å². The van der Waals surface area contributed by atoms with Crippen LogP contribution in [0.2, 0.25) is 0 Å². The Bertz CT molecular complexity index is 7100. The van der Waals surface area contributed by atoms with Crippen molar-refractivity contribution in [2.24, 2.45) is 0 Å². The third kappa shape index (κ3) is 21.6. The first-order chi connectivity index (χ1) is 67.8. The van der Waals surface area contributed by atoms with Gasteiger partial charge in [0.05, 0.1) is 122 Å². The second-order valence-electron chi connectivity index (χ2n) is 34.3. The van der Waals surface area contributed by atoms with Crippen LogP contribution in [-0.4, -0.2) is 243 Å². The molecule has 6 aliphatic rings. The molecule has 18 heterocycles. The van der Waals surface area contributed by atoms with Gasteiger partial charge < -0.3 is 64.9 Å². The van der Waals surface area contributed by atoms with Crippen LogP contribution in [0.5, 0.6) is 11.5 Å². The lowest BCUT2D eigenvalue weighted by Crippen LogP contribution is -2.37. The highest BCUT2D eigenvalue weighted by Gasteiger charge is 2.26. The van der Waals surface area contributed by atoms with E-state index in [9.17, 15) is 24.3 Å². The van der Waals surface area contributed by atoms with Crippen LogP contribution >= 0.6 is 0 Å². The SMILES string of the molecule is O=C(Nc1ccc(N2CCC2)nc1)c1n[nH]c2ccc(-c3cccnc3)cc12.O=C(Nc1ccc(N2CCOCC2)nc1)c1n[nH]c2ccc(-c3cncc(CN4CCC(O)CC4)c3)cc12.O=C(Nc1ccc(N2CCOCC2)nc1)c1n[nH]c2ccc(-c3cncc(CN4CCC4)c3)cc12.O=C(Nc1ccc(N2CCOCC2)nc1)c1n[nH]c2ccc(-c3cncc(Oc4ccccc4)c3)cc12. The van der Waals surface area contributed by atoms with Gasteiger partial charge in [-0.15, -0.1) is 0 Å². The van der Waals surface area contributed by atoms with Crippen molar-refractivity contribution in [1.82, 2.24) is 90.5 Å². The van der Waals surface area contributed by atoms with Crippen molar-refractivity contribution >= 4 is 113 Å². The van der Waals surface area contributed by atoms with Gasteiger partial charge in [-0.2, -0.15) is 20.4 Å². The lowest BCUT2D eigenvalue weighted by Gasteiger charge is -2.31. The van der Waals surface area contributed by atoms with Crippen molar-refractivity contribution in [1.29, 1.82) is 0 Å². The number of pyridine rings is 8. The summed E-state index contributed by atoms with van der Waals surface area (Å²) in [6.07, 6.45) is 25.1. The number of aromatic nitrogens is 16. The number of benzene rings is 5. The predicted molar refractivity (Wildman–Crippen MR) is 529 cm³/mol. The Labute approximate surface area is 792 Å². The van der Waals surface area contributed by atoms with Gasteiger partial charge in [0.2, 0.25) is 0 Å². The Balaban J connectivity index is 0.000000114. The molecule has 0 radical (unpaired) electrons. The van der Waals surface area contributed by atoms with Gasteiger partial charge in [0.25, 0.3) is 23.6 Å². The summed E-state index contributed by atoms with van der Waals surface area (Å²) < 4.78 is 22.1. The number of aromatic amines is 4. The van der Waals surface area contributed by atoms with E-state index in [1.54, 1.807) is 49.6 Å². The van der Waals surface area contributed by atoms with Gasteiger partial charge in [0.1, 0.15) is 34.8 Å². The summed E-state index contributed by atoms with van der Waals surface area (Å²) in [4.78, 5) is 101. The number of aliphatic hydroxyl groups excluding tert-OH is 1. The molecule has 9 N–H and O–H groups in total. The third-order valence-electron chi connectivity index (χ3n) is 24.9. The second-order valence-corrected chi connectivity index (χ2v) is 34.3. The molecule has 12 aromatic heterocycles. The van der Waals surface area contributed by atoms with E-state index in [1.165, 1.54) is 18.4 Å². The van der Waals surface area contributed by atoms with Crippen molar-refractivity contribution < 1.29 is 43.2 Å². The zero-order valence-corrected chi connectivity index (χ0v) is 75.6. The Kier molecular flexibility index (Phi) is 27.4. The summed E-state index contributed by atoms with van der Waals surface area (Å²) in [5.41, 5.74) is 17.0. The summed E-state index contributed by atoms with van der Waals surface area (Å²) in [5.74, 6) is 3.75. The third-order valence-corrected chi connectivity index (χ3v) is 24.9. The zero-order valence-electron chi connectivity index (χ0n) is 75.6. The number of likely N-dealkylation sites (tertiary alicyclic amines) is 2. The molecule has 138 heavy (non-hydrogen) atoms. The molecule has 0 spiro atoms. The summed E-state index contributed by atoms with van der Waals surface area (Å²) in [5, 5.41) is 53.3. The number of H-pyrrole nitrogens is 4. The Morgan fingerprint density at radius 3 is 1.01 bits per heavy atom. The highest BCUT2D eigenvalue weighted by molar-refractivity contribution is 6.15. The fourth-order valence-electron chi connectivity index (χ4n) is 17.1. The molecule has 35 nitrogen and oxygen atoms in total. The van der Waals surface area contributed by atoms with E-state index in [0.29, 0.717) is 96.3 Å². The van der Waals surface area contributed by atoms with Crippen molar-refractivity contribution in [3.63, 3.8) is 0 Å². The lowest BCUT2D eigenvalue weighted by atomic mass is 10.0. The van der Waals surface area contributed by atoms with E-state index in [0.717, 1.165) is 222 Å². The summed E-state index contributed by atoms with van der Waals surface area (Å²) in [6.45, 7) is 16.9. The molecular formula is C103H100N26O9. The highest BCUT2D eigenvalue weighted by atomic mass is 16.5. The topological polar surface area (TPSA) is 411 Å². The fraction of sp³-hybridized carbons (Fsp3) is 0.243. The summed E-state index contributed by atoms with van der Waals surface area (Å²) in [7, 11) is 0. The molecule has 23 rings (SSSR count). The number of rotatable bonds is 22. The van der Waals surface area contributed by atoms with Crippen molar-refractivity contribution in [2.75, 3.05) is 159 Å². The molecule has 0 unspecified atom stereocenters. The molecule has 0 atom stereocenters. The monoisotopic (exact) mass is 1840 g/mol. The number of fused-ring (bicyclic) bond motifs is 4. The number of hydrogen-bond acceptors (Lipinski definition) is 27. The van der Waals surface area contributed by atoms with E-state index >= 15 is 0 Å². The molecule has 5 aromatic carbocycles. The molecule has 696 valence electrons. The highest BCUT2D eigenvalue weighted by Crippen LogP contribution is 2.35. The number of amides is 4. The molecule has 6 aliphatic heterocycles. The molecule has 17 aromatic rings. The van der Waals surface area contributed by atoms with Gasteiger partial charge in [-0.3, -0.25) is 69.3 Å². The summed E-state index contributed by atoms with van der Waals surface area (Å²) in [6, 6.07) is 58.3. The number of carbonyl (C=O) groups is 4. The Hall–Kier alpha value is -16.2. The minimum Gasteiger partial charge on any atom is -0.456 e. The largest absolute Gasteiger partial charge is 0.456 e. The molecule has 0 bridgehead atoms. The number of morpholine rings is 3. The first kappa shape index (κ1) is 89.7. The van der Waals surface area contributed by atoms with Gasteiger partial charge >= 0.3 is 0 Å². The molecular weight excluding hydrogens is 1750 g/mol. The van der Waals surface area contributed by atoms with Crippen molar-refractivity contribution in [2.45, 2.75) is 44.9 Å². The number of nitrogens with one attached hydrogen (secondary N) is 8. The van der Waals surface area contributed by atoms with E-state index in [2.05, 4.69) is 143 Å². The average Bonchev–Trinajstić information content (AvgIpc) is 1.65. The number of carbonyl (C=O) groups excluding carboxylic acids is 4. The van der Waals surface area contributed by atoms with Crippen LogP contribution in [-0.2, 0) is 27.3 Å². The maximum Gasteiger partial charge on any atom is 0.276 e. The normalized spacial score (nSPS) is 15.2. The minimum absolute atomic E-state index is 0.186. The number of para-hydroxylation sites is 1. The molecule has 6 saturated heterocycles. The maximum atomic E-state index is 13.1.